The summed E-state index contributed by atoms with van der Waals surface area (Å²) in [4.78, 5) is 23.2. The van der Waals surface area contributed by atoms with Crippen LogP contribution in [0.15, 0.2) is 12.1 Å². The van der Waals surface area contributed by atoms with E-state index in [1.54, 1.807) is 0 Å². The Labute approximate surface area is 142 Å². The molecule has 0 aromatic heterocycles. The fourth-order valence-electron chi connectivity index (χ4n) is 3.28. The van der Waals surface area contributed by atoms with Crippen molar-refractivity contribution >= 4 is 29.5 Å². The molecule has 4 nitrogen and oxygen atoms in total. The first kappa shape index (κ1) is 17.8. The van der Waals surface area contributed by atoms with Crippen LogP contribution in [0.5, 0.6) is 5.75 Å². The smallest absolute Gasteiger partial charge is 0.211 e. The molecule has 5 heteroatoms. The van der Waals surface area contributed by atoms with Crippen LogP contribution in [0.25, 0.3) is 0 Å². The summed E-state index contributed by atoms with van der Waals surface area (Å²) in [6.07, 6.45) is 10.4. The Hall–Kier alpha value is -1.55. The molecule has 23 heavy (non-hydrogen) atoms. The summed E-state index contributed by atoms with van der Waals surface area (Å²) in [7, 11) is 0. The van der Waals surface area contributed by atoms with Crippen molar-refractivity contribution in [2.45, 2.75) is 57.8 Å². The van der Waals surface area contributed by atoms with Crippen molar-refractivity contribution in [1.82, 2.24) is 0 Å². The van der Waals surface area contributed by atoms with Crippen LogP contribution >= 0.6 is 11.6 Å². The average molecular weight is 338 g/mol. The number of aromatic hydroxyl groups is 1. The van der Waals surface area contributed by atoms with Crippen LogP contribution in [-0.2, 0) is 4.79 Å². The first-order valence-electron chi connectivity index (χ1n) is 8.37. The van der Waals surface area contributed by atoms with E-state index in [0.717, 1.165) is 25.7 Å². The van der Waals surface area contributed by atoms with E-state index in [4.69, 9.17) is 11.6 Å². The molecule has 0 spiro atoms. The summed E-state index contributed by atoms with van der Waals surface area (Å²) < 4.78 is 0. The number of benzene rings is 1. The summed E-state index contributed by atoms with van der Waals surface area (Å²) in [5.41, 5.74) is 0.368. The van der Waals surface area contributed by atoms with Gasteiger partial charge < -0.3 is 10.4 Å². The molecule has 0 unspecified atom stereocenters. The molecule has 1 fully saturated rings. The fourth-order valence-corrected chi connectivity index (χ4v) is 3.50. The zero-order chi connectivity index (χ0) is 16.7. The second-order valence-corrected chi connectivity index (χ2v) is 6.74. The summed E-state index contributed by atoms with van der Waals surface area (Å²) in [5, 5.41) is 12.9. The van der Waals surface area contributed by atoms with Crippen LogP contribution in [0.1, 0.15) is 68.1 Å². The van der Waals surface area contributed by atoms with Gasteiger partial charge in [0.25, 0.3) is 0 Å². The van der Waals surface area contributed by atoms with Gasteiger partial charge in [-0.25, -0.2) is 0 Å². The number of amides is 1. The van der Waals surface area contributed by atoms with Crippen LogP contribution in [0.3, 0.4) is 0 Å². The Bertz CT molecular complexity index is 549. The molecule has 1 aliphatic rings. The molecular formula is C18H24ClNO3. The van der Waals surface area contributed by atoms with Crippen LogP contribution in [-0.4, -0.2) is 17.3 Å². The highest BCUT2D eigenvalue weighted by molar-refractivity contribution is 6.31. The van der Waals surface area contributed by atoms with Crippen LogP contribution in [0.2, 0.25) is 5.02 Å². The highest BCUT2D eigenvalue weighted by Crippen LogP contribution is 2.34. The predicted octanol–water partition coefficient (Wildman–Crippen LogP) is 4.94. The second kappa shape index (κ2) is 8.92. The Morgan fingerprint density at radius 3 is 2.39 bits per heavy atom. The summed E-state index contributed by atoms with van der Waals surface area (Å²) in [6, 6.07) is 2.91. The van der Waals surface area contributed by atoms with Gasteiger partial charge in [-0.05, 0) is 18.1 Å². The summed E-state index contributed by atoms with van der Waals surface area (Å²) >= 11 is 5.99. The van der Waals surface area contributed by atoms with Crippen molar-refractivity contribution in [1.29, 1.82) is 0 Å². The van der Waals surface area contributed by atoms with E-state index in [1.807, 2.05) is 0 Å². The summed E-state index contributed by atoms with van der Waals surface area (Å²) in [5.74, 6) is 0.0548. The number of ketones is 1. The van der Waals surface area contributed by atoms with Crippen molar-refractivity contribution < 1.29 is 14.7 Å². The molecule has 0 aliphatic heterocycles. The molecule has 1 amide bonds. The summed E-state index contributed by atoms with van der Waals surface area (Å²) in [6.45, 7) is 0. The normalized spacial score (nSPS) is 16.9. The third-order valence-corrected chi connectivity index (χ3v) is 4.76. The molecule has 1 aliphatic carbocycles. The zero-order valence-corrected chi connectivity index (χ0v) is 14.1. The van der Waals surface area contributed by atoms with E-state index in [9.17, 15) is 14.7 Å². The minimum Gasteiger partial charge on any atom is -0.505 e. The largest absolute Gasteiger partial charge is 0.505 e. The molecule has 0 atom stereocenters. The fraction of sp³-hybridized carbons (Fsp3) is 0.556. The molecule has 126 valence electrons. The van der Waals surface area contributed by atoms with Gasteiger partial charge in [0.1, 0.15) is 5.75 Å². The highest BCUT2D eigenvalue weighted by atomic mass is 35.5. The van der Waals surface area contributed by atoms with Gasteiger partial charge in [0.2, 0.25) is 6.41 Å². The number of carbonyl (C=O) groups excluding carboxylic acids is 2. The Morgan fingerprint density at radius 2 is 1.78 bits per heavy atom. The number of hydrogen-bond acceptors (Lipinski definition) is 3. The molecule has 2 rings (SSSR count). The van der Waals surface area contributed by atoms with E-state index < -0.39 is 0 Å². The van der Waals surface area contributed by atoms with Gasteiger partial charge in [0.15, 0.2) is 5.78 Å². The first-order chi connectivity index (χ1) is 11.1. The molecular weight excluding hydrogens is 314 g/mol. The van der Waals surface area contributed by atoms with Gasteiger partial charge in [-0.15, -0.1) is 0 Å². The number of anilines is 1. The number of rotatable bonds is 5. The van der Waals surface area contributed by atoms with E-state index in [2.05, 4.69) is 5.32 Å². The molecule has 0 heterocycles. The number of carbonyl (C=O) groups is 2. The average Bonchev–Trinajstić information content (AvgIpc) is 2.64. The van der Waals surface area contributed by atoms with E-state index in [-0.39, 0.29) is 22.8 Å². The maximum absolute atomic E-state index is 12.6. The lowest BCUT2D eigenvalue weighted by Crippen LogP contribution is -2.10. The minimum atomic E-state index is -0.199. The third kappa shape index (κ3) is 5.24. The van der Waals surface area contributed by atoms with Gasteiger partial charge in [-0.3, -0.25) is 9.59 Å². The van der Waals surface area contributed by atoms with E-state index in [0.29, 0.717) is 23.8 Å². The standard InChI is InChI=1S/C18H24ClNO3/c19-14-10-15(18(23)16(11-14)20-12-21)17(22)9-13-7-5-3-1-2-4-6-8-13/h10-13,23H,1-9H2,(H,20,21). The topological polar surface area (TPSA) is 66.4 Å². The SMILES string of the molecule is O=CNc1cc(Cl)cc(C(=O)CC2CCCCCCCC2)c1O. The molecule has 1 aromatic rings. The van der Waals surface area contributed by atoms with Crippen molar-refractivity contribution in [3.8, 4) is 5.75 Å². The van der Waals surface area contributed by atoms with Crippen LogP contribution < -0.4 is 5.32 Å². The number of Topliss-reactive ketones (excluding diaryl/α,β-unsaturated/α-hetero) is 1. The van der Waals surface area contributed by atoms with Gasteiger partial charge in [0, 0.05) is 11.4 Å². The first-order valence-corrected chi connectivity index (χ1v) is 8.75. The zero-order valence-electron chi connectivity index (χ0n) is 13.3. The number of phenolic OH excluding ortho intramolecular Hbond substituents is 1. The Morgan fingerprint density at radius 1 is 1.17 bits per heavy atom. The lowest BCUT2D eigenvalue weighted by atomic mass is 9.89. The van der Waals surface area contributed by atoms with Crippen molar-refractivity contribution in [3.05, 3.63) is 22.7 Å². The van der Waals surface area contributed by atoms with Crippen molar-refractivity contribution in [2.24, 2.45) is 5.92 Å². The number of nitrogens with one attached hydrogen (secondary N) is 1. The van der Waals surface area contributed by atoms with Gasteiger partial charge in [-0.2, -0.15) is 0 Å². The number of phenols is 1. The third-order valence-electron chi connectivity index (χ3n) is 4.54. The highest BCUT2D eigenvalue weighted by Gasteiger charge is 2.20. The molecule has 0 radical (unpaired) electrons. The molecule has 0 bridgehead atoms. The van der Waals surface area contributed by atoms with Crippen molar-refractivity contribution in [2.75, 3.05) is 5.32 Å². The second-order valence-electron chi connectivity index (χ2n) is 6.30. The molecule has 2 N–H and O–H groups in total. The maximum atomic E-state index is 12.6. The lowest BCUT2D eigenvalue weighted by Gasteiger charge is -2.16. The number of halogens is 1. The quantitative estimate of drug-likeness (QED) is 0.454. The Kier molecular flexibility index (Phi) is 6.90. The molecule has 1 aromatic carbocycles. The maximum Gasteiger partial charge on any atom is 0.211 e. The van der Waals surface area contributed by atoms with Gasteiger partial charge in [-0.1, -0.05) is 63.0 Å². The predicted molar refractivity (Wildman–Crippen MR) is 92.2 cm³/mol. The lowest BCUT2D eigenvalue weighted by molar-refractivity contribution is -0.105. The van der Waals surface area contributed by atoms with Gasteiger partial charge in [0.05, 0.1) is 11.3 Å². The number of hydrogen-bond donors (Lipinski definition) is 2. The van der Waals surface area contributed by atoms with E-state index in [1.165, 1.54) is 37.8 Å². The van der Waals surface area contributed by atoms with E-state index >= 15 is 0 Å². The minimum absolute atomic E-state index is 0.108. The van der Waals surface area contributed by atoms with Crippen LogP contribution in [0, 0.1) is 5.92 Å². The monoisotopic (exact) mass is 337 g/mol. The van der Waals surface area contributed by atoms with Crippen molar-refractivity contribution in [3.63, 3.8) is 0 Å². The van der Waals surface area contributed by atoms with Crippen LogP contribution in [0.4, 0.5) is 5.69 Å². The van der Waals surface area contributed by atoms with Gasteiger partial charge >= 0.3 is 0 Å². The Balaban J connectivity index is 2.11. The molecule has 1 saturated carbocycles. The molecule has 0 saturated heterocycles.